The van der Waals surface area contributed by atoms with Gasteiger partial charge in [0, 0.05) is 34.3 Å². The molecule has 0 spiro atoms. The maximum atomic E-state index is 6.78. The molecule has 0 atom stereocenters. The molecule has 0 saturated carbocycles. The smallest absolute Gasteiger partial charge is 0.244 e. The SMILES string of the molecule is CC(C)(C)c1ccnc(-n2c3ccccc3c3ccc(Oc4cccc(-c5nc6ccccc6n5-c5cc6c7c(c5)-c5cccc8cccc(c58)B7c5ccccc5-6)c4)cc32)c1. The second-order valence-corrected chi connectivity index (χ2v) is 17.8. The number of hydrogen-bond donors (Lipinski definition) is 0. The summed E-state index contributed by atoms with van der Waals surface area (Å²) < 4.78 is 11.4. The van der Waals surface area contributed by atoms with E-state index in [4.69, 9.17) is 14.7 Å². The number of para-hydroxylation sites is 3. The Kier molecular flexibility index (Phi) is 7.31. The Morgan fingerprint density at radius 3 is 2.13 bits per heavy atom. The first kappa shape index (κ1) is 35.1. The largest absolute Gasteiger partial charge is 0.457 e. The highest BCUT2D eigenvalue weighted by atomic mass is 16.5. The van der Waals surface area contributed by atoms with E-state index in [1.165, 1.54) is 60.4 Å². The molecule has 0 aliphatic carbocycles. The standard InChI is InChI=1S/C56H39BN4O/c1-56(2,3)36-27-28-58-52(30-36)61-49-23-8-5-18-41(49)42-26-25-39(33-51(42)61)62-38-16-10-15-35(29-38)55-59-48-22-7-9-24-50(48)60(55)37-31-44-40-17-4-6-20-46(40)57-47-21-12-14-34-13-11-19-43(53(34)47)45(32-37)54(44)57/h4-33H,1-3H3. The third-order valence-electron chi connectivity index (χ3n) is 13.2. The molecular formula is C56H39BN4O. The van der Waals surface area contributed by atoms with Crippen LogP contribution in [0, 0.1) is 0 Å². The van der Waals surface area contributed by atoms with Crippen molar-refractivity contribution in [3.8, 4) is 56.6 Å². The molecule has 3 aromatic heterocycles. The van der Waals surface area contributed by atoms with Gasteiger partial charge in [-0.15, -0.1) is 0 Å². The minimum Gasteiger partial charge on any atom is -0.457 e. The first-order chi connectivity index (χ1) is 30.4. The Labute approximate surface area is 359 Å². The van der Waals surface area contributed by atoms with Gasteiger partial charge in [0.05, 0.1) is 22.1 Å². The van der Waals surface area contributed by atoms with Gasteiger partial charge in [-0.2, -0.15) is 0 Å². The maximum Gasteiger partial charge on any atom is 0.244 e. The highest BCUT2D eigenvalue weighted by Gasteiger charge is 2.40. The quantitative estimate of drug-likeness (QED) is 0.163. The van der Waals surface area contributed by atoms with Gasteiger partial charge in [0.2, 0.25) is 6.71 Å². The summed E-state index contributed by atoms with van der Waals surface area (Å²) in [5.74, 6) is 3.24. The van der Waals surface area contributed by atoms with Gasteiger partial charge in [-0.1, -0.05) is 140 Å². The molecule has 0 radical (unpaired) electrons. The Morgan fingerprint density at radius 2 is 1.24 bits per heavy atom. The zero-order chi connectivity index (χ0) is 41.3. The number of nitrogens with zero attached hydrogens (tertiary/aromatic N) is 4. The molecule has 5 heterocycles. The highest BCUT2D eigenvalue weighted by molar-refractivity contribution is 7.02. The normalized spacial score (nSPS) is 12.7. The van der Waals surface area contributed by atoms with Crippen molar-refractivity contribution in [2.75, 3.05) is 0 Å². The number of pyridine rings is 1. The summed E-state index contributed by atoms with van der Waals surface area (Å²) in [6.07, 6.45) is 1.92. The van der Waals surface area contributed by atoms with E-state index in [1.807, 2.05) is 12.3 Å². The predicted molar refractivity (Wildman–Crippen MR) is 257 cm³/mol. The molecular weight excluding hydrogens is 755 g/mol. The van der Waals surface area contributed by atoms with E-state index >= 15 is 0 Å². The van der Waals surface area contributed by atoms with Crippen LogP contribution in [-0.4, -0.2) is 25.8 Å². The van der Waals surface area contributed by atoms with Crippen molar-refractivity contribution in [1.29, 1.82) is 0 Å². The lowest BCUT2D eigenvalue weighted by molar-refractivity contribution is 0.483. The van der Waals surface area contributed by atoms with Gasteiger partial charge in [0.25, 0.3) is 0 Å². The summed E-state index contributed by atoms with van der Waals surface area (Å²) in [5, 5.41) is 4.96. The Hall–Kier alpha value is -7.70. The Bertz CT molecular complexity index is 3680. The van der Waals surface area contributed by atoms with Crippen LogP contribution >= 0.6 is 0 Å². The van der Waals surface area contributed by atoms with E-state index in [9.17, 15) is 0 Å². The molecule has 5 nitrogen and oxygen atoms in total. The number of benzene rings is 8. The molecule has 11 aromatic rings. The van der Waals surface area contributed by atoms with E-state index in [2.05, 4.69) is 200 Å². The van der Waals surface area contributed by atoms with E-state index in [1.54, 1.807) is 0 Å². The van der Waals surface area contributed by atoms with Gasteiger partial charge in [0.1, 0.15) is 23.1 Å². The van der Waals surface area contributed by atoms with Crippen LogP contribution in [0.4, 0.5) is 0 Å². The lowest BCUT2D eigenvalue weighted by atomic mass is 9.36. The van der Waals surface area contributed by atoms with Gasteiger partial charge in [-0.25, -0.2) is 9.97 Å². The molecule has 6 heteroatoms. The van der Waals surface area contributed by atoms with Crippen LogP contribution in [0.3, 0.4) is 0 Å². The van der Waals surface area contributed by atoms with E-state index in [0.29, 0.717) is 0 Å². The second kappa shape index (κ2) is 12.9. The van der Waals surface area contributed by atoms with Crippen LogP contribution in [0.1, 0.15) is 26.3 Å². The Balaban J connectivity index is 0.955. The zero-order valence-electron chi connectivity index (χ0n) is 34.6. The minimum atomic E-state index is -0.0113. The van der Waals surface area contributed by atoms with E-state index in [0.717, 1.165) is 61.8 Å². The summed E-state index contributed by atoms with van der Waals surface area (Å²) in [6, 6.07) is 63.4. The van der Waals surface area contributed by atoms with Crippen LogP contribution in [0.15, 0.2) is 182 Å². The van der Waals surface area contributed by atoms with Gasteiger partial charge in [-0.3, -0.25) is 9.13 Å². The number of hydrogen-bond acceptors (Lipinski definition) is 3. The molecule has 0 fully saturated rings. The molecule has 0 saturated heterocycles. The topological polar surface area (TPSA) is 44.9 Å². The van der Waals surface area contributed by atoms with Crippen LogP contribution in [0.25, 0.3) is 88.8 Å². The van der Waals surface area contributed by atoms with E-state index < -0.39 is 0 Å². The third-order valence-corrected chi connectivity index (χ3v) is 13.2. The summed E-state index contributed by atoms with van der Waals surface area (Å²) in [5.41, 5.74) is 16.8. The first-order valence-corrected chi connectivity index (χ1v) is 21.4. The molecule has 0 N–H and O–H groups in total. The number of fused-ring (bicyclic) bond motifs is 9. The number of aromatic nitrogens is 4. The molecule has 2 aliphatic rings. The lowest BCUT2D eigenvalue weighted by Gasteiger charge is -2.26. The number of ether oxygens (including phenoxy) is 1. The molecule has 0 unspecified atom stereocenters. The van der Waals surface area contributed by atoms with Gasteiger partial charge in [-0.05, 0) is 111 Å². The fraction of sp³-hybridized carbons (Fsp3) is 0.0714. The fourth-order valence-electron chi connectivity index (χ4n) is 10.4. The van der Waals surface area contributed by atoms with Crippen LogP contribution < -0.4 is 21.1 Å². The molecule has 292 valence electrons. The van der Waals surface area contributed by atoms with Crippen molar-refractivity contribution < 1.29 is 4.74 Å². The van der Waals surface area contributed by atoms with E-state index in [-0.39, 0.29) is 12.1 Å². The average molecular weight is 795 g/mol. The Morgan fingerprint density at radius 1 is 0.532 bits per heavy atom. The van der Waals surface area contributed by atoms with Gasteiger partial charge in [0.15, 0.2) is 0 Å². The van der Waals surface area contributed by atoms with Crippen molar-refractivity contribution in [3.63, 3.8) is 0 Å². The monoisotopic (exact) mass is 794 g/mol. The van der Waals surface area contributed by atoms with Gasteiger partial charge < -0.3 is 4.74 Å². The molecule has 13 rings (SSSR count). The lowest BCUT2D eigenvalue weighted by Crippen LogP contribution is -2.51. The average Bonchev–Trinajstić information content (AvgIpc) is 3.96. The minimum absolute atomic E-state index is 0.0113. The summed E-state index contributed by atoms with van der Waals surface area (Å²) in [7, 11) is 0. The second-order valence-electron chi connectivity index (χ2n) is 17.8. The van der Waals surface area contributed by atoms with Crippen LogP contribution in [-0.2, 0) is 5.41 Å². The number of imidazole rings is 1. The molecule has 2 aliphatic heterocycles. The van der Waals surface area contributed by atoms with Crippen molar-refractivity contribution in [3.05, 3.63) is 188 Å². The third kappa shape index (κ3) is 5.10. The maximum absolute atomic E-state index is 6.78. The summed E-state index contributed by atoms with van der Waals surface area (Å²) >= 11 is 0. The first-order valence-electron chi connectivity index (χ1n) is 21.4. The fourth-order valence-corrected chi connectivity index (χ4v) is 10.4. The van der Waals surface area contributed by atoms with Crippen molar-refractivity contribution in [2.45, 2.75) is 26.2 Å². The van der Waals surface area contributed by atoms with Gasteiger partial charge >= 0.3 is 0 Å². The zero-order valence-corrected chi connectivity index (χ0v) is 34.6. The van der Waals surface area contributed by atoms with Crippen LogP contribution in [0.2, 0.25) is 0 Å². The summed E-state index contributed by atoms with van der Waals surface area (Å²) in [4.78, 5) is 10.2. The predicted octanol–water partition coefficient (Wildman–Crippen LogP) is 11.9. The van der Waals surface area contributed by atoms with Crippen LogP contribution in [0.5, 0.6) is 11.5 Å². The van der Waals surface area contributed by atoms with Crippen molar-refractivity contribution >= 4 is 66.7 Å². The molecule has 62 heavy (non-hydrogen) atoms. The molecule has 8 aromatic carbocycles. The molecule has 0 bridgehead atoms. The van der Waals surface area contributed by atoms with Crippen molar-refractivity contribution in [1.82, 2.24) is 19.1 Å². The highest BCUT2D eigenvalue weighted by Crippen LogP contribution is 2.41. The number of rotatable bonds is 5. The summed E-state index contributed by atoms with van der Waals surface area (Å²) in [6.45, 7) is 6.91. The van der Waals surface area contributed by atoms with Crippen molar-refractivity contribution in [2.24, 2.45) is 0 Å². The molecule has 0 amide bonds.